The van der Waals surface area contributed by atoms with E-state index in [2.05, 4.69) is 0 Å². The van der Waals surface area contributed by atoms with Crippen molar-refractivity contribution in [3.63, 3.8) is 0 Å². The largest absolute Gasteiger partial charge is 0.494 e. The van der Waals surface area contributed by atoms with E-state index in [1.54, 1.807) is 0 Å². The summed E-state index contributed by atoms with van der Waals surface area (Å²) in [7, 11) is 0. The molecular formula is C12H17NO2S. The fraction of sp³-hybridized carbons (Fsp3) is 0.417. The minimum absolute atomic E-state index is 0.201. The van der Waals surface area contributed by atoms with E-state index in [0.717, 1.165) is 17.9 Å². The van der Waals surface area contributed by atoms with Crippen LogP contribution in [-0.4, -0.2) is 17.7 Å². The molecule has 0 fully saturated rings. The van der Waals surface area contributed by atoms with E-state index in [9.17, 15) is 0 Å². The van der Waals surface area contributed by atoms with Crippen molar-refractivity contribution in [3.8, 4) is 11.5 Å². The Labute approximate surface area is 102 Å². The van der Waals surface area contributed by atoms with Crippen LogP contribution in [0, 0.1) is 0 Å². The lowest BCUT2D eigenvalue weighted by molar-refractivity contribution is 0.263. The van der Waals surface area contributed by atoms with Crippen molar-refractivity contribution >= 4 is 17.2 Å². The summed E-state index contributed by atoms with van der Waals surface area (Å²) in [5, 5.41) is 0. The van der Waals surface area contributed by atoms with Crippen molar-refractivity contribution in [1.82, 2.24) is 0 Å². The first kappa shape index (κ1) is 12.8. The molecule has 0 amide bonds. The monoisotopic (exact) mass is 239 g/mol. The molecule has 0 aliphatic carbocycles. The zero-order valence-electron chi connectivity index (χ0n) is 9.60. The third kappa shape index (κ3) is 3.70. The van der Waals surface area contributed by atoms with Crippen molar-refractivity contribution in [3.05, 3.63) is 24.3 Å². The standard InChI is InChI=1S/C12H17NO2S/c1-3-11(12(13)16)15-10-7-5-9(6-8-10)14-4-2/h5-8,11H,3-4H2,1-2H3,(H2,13,16). The molecule has 4 heteroatoms. The summed E-state index contributed by atoms with van der Waals surface area (Å²) in [6.07, 6.45) is 0.565. The van der Waals surface area contributed by atoms with E-state index in [-0.39, 0.29) is 6.10 Å². The minimum atomic E-state index is -0.201. The normalized spacial score (nSPS) is 11.9. The van der Waals surface area contributed by atoms with E-state index < -0.39 is 0 Å². The van der Waals surface area contributed by atoms with Crippen molar-refractivity contribution in [2.24, 2.45) is 5.73 Å². The first-order valence-electron chi connectivity index (χ1n) is 5.36. The summed E-state index contributed by atoms with van der Waals surface area (Å²) < 4.78 is 11.0. The highest BCUT2D eigenvalue weighted by Crippen LogP contribution is 2.19. The number of rotatable bonds is 6. The molecule has 1 aromatic carbocycles. The van der Waals surface area contributed by atoms with Crippen molar-refractivity contribution < 1.29 is 9.47 Å². The van der Waals surface area contributed by atoms with E-state index in [1.807, 2.05) is 38.1 Å². The molecule has 16 heavy (non-hydrogen) atoms. The van der Waals surface area contributed by atoms with Crippen molar-refractivity contribution in [2.45, 2.75) is 26.4 Å². The number of thiocarbonyl (C=S) groups is 1. The van der Waals surface area contributed by atoms with Crippen LogP contribution in [0.3, 0.4) is 0 Å². The van der Waals surface area contributed by atoms with E-state index in [1.165, 1.54) is 0 Å². The van der Waals surface area contributed by atoms with Gasteiger partial charge in [-0.1, -0.05) is 19.1 Å². The lowest BCUT2D eigenvalue weighted by atomic mass is 10.2. The fourth-order valence-corrected chi connectivity index (χ4v) is 1.50. The van der Waals surface area contributed by atoms with Gasteiger partial charge in [-0.2, -0.15) is 0 Å². The molecule has 0 spiro atoms. The molecule has 88 valence electrons. The van der Waals surface area contributed by atoms with Gasteiger partial charge >= 0.3 is 0 Å². The van der Waals surface area contributed by atoms with Crippen LogP contribution in [0.15, 0.2) is 24.3 Å². The number of ether oxygens (including phenoxy) is 2. The van der Waals surface area contributed by atoms with Crippen LogP contribution in [0.1, 0.15) is 20.3 Å². The molecule has 1 aromatic rings. The molecule has 0 aromatic heterocycles. The molecule has 0 saturated heterocycles. The Morgan fingerprint density at radius 2 is 1.81 bits per heavy atom. The quantitative estimate of drug-likeness (QED) is 0.775. The topological polar surface area (TPSA) is 44.5 Å². The third-order valence-electron chi connectivity index (χ3n) is 2.10. The summed E-state index contributed by atoms with van der Waals surface area (Å²) in [6, 6.07) is 7.44. The SMILES string of the molecule is CCOc1ccc(OC(CC)C(N)=S)cc1. The number of nitrogens with two attached hydrogens (primary N) is 1. The van der Waals surface area contributed by atoms with Crippen LogP contribution >= 0.6 is 12.2 Å². The van der Waals surface area contributed by atoms with Gasteiger partial charge in [0.05, 0.1) is 6.61 Å². The lowest BCUT2D eigenvalue weighted by Gasteiger charge is -2.16. The predicted octanol–water partition coefficient (Wildman–Crippen LogP) is 2.53. The predicted molar refractivity (Wildman–Crippen MR) is 69.1 cm³/mol. The summed E-state index contributed by atoms with van der Waals surface area (Å²) in [6.45, 7) is 4.59. The molecule has 0 aliphatic rings. The second kappa shape index (κ2) is 6.33. The molecule has 0 radical (unpaired) electrons. The molecule has 0 bridgehead atoms. The number of hydrogen-bond donors (Lipinski definition) is 1. The molecule has 0 heterocycles. The summed E-state index contributed by atoms with van der Waals surface area (Å²) in [5.74, 6) is 1.58. The van der Waals surface area contributed by atoms with Crippen LogP contribution in [0.25, 0.3) is 0 Å². The molecule has 3 nitrogen and oxygen atoms in total. The third-order valence-corrected chi connectivity index (χ3v) is 2.36. The second-order valence-electron chi connectivity index (χ2n) is 3.32. The van der Waals surface area contributed by atoms with Gasteiger partial charge in [-0.25, -0.2) is 0 Å². The summed E-state index contributed by atoms with van der Waals surface area (Å²) >= 11 is 4.91. The van der Waals surface area contributed by atoms with Crippen molar-refractivity contribution in [1.29, 1.82) is 0 Å². The van der Waals surface area contributed by atoms with E-state index in [4.69, 9.17) is 27.4 Å². The molecule has 2 N–H and O–H groups in total. The van der Waals surface area contributed by atoms with Gasteiger partial charge in [0.15, 0.2) is 0 Å². The fourth-order valence-electron chi connectivity index (χ4n) is 1.29. The zero-order valence-corrected chi connectivity index (χ0v) is 10.4. The number of hydrogen-bond acceptors (Lipinski definition) is 3. The number of benzene rings is 1. The molecule has 0 aliphatic heterocycles. The van der Waals surface area contributed by atoms with Gasteiger partial charge in [0.25, 0.3) is 0 Å². The second-order valence-corrected chi connectivity index (χ2v) is 3.79. The molecule has 1 unspecified atom stereocenters. The average Bonchev–Trinajstić information content (AvgIpc) is 2.28. The van der Waals surface area contributed by atoms with Gasteiger partial charge in [-0.05, 0) is 37.6 Å². The first-order chi connectivity index (χ1) is 7.67. The van der Waals surface area contributed by atoms with Crippen LogP contribution in [0.4, 0.5) is 0 Å². The van der Waals surface area contributed by atoms with Gasteiger partial charge < -0.3 is 15.2 Å². The Balaban J connectivity index is 2.63. The Morgan fingerprint density at radius 1 is 1.25 bits per heavy atom. The molecule has 0 saturated carbocycles. The Morgan fingerprint density at radius 3 is 2.25 bits per heavy atom. The van der Waals surface area contributed by atoms with Gasteiger partial charge in [0, 0.05) is 0 Å². The summed E-state index contributed by atoms with van der Waals surface area (Å²) in [5.41, 5.74) is 5.55. The Hall–Kier alpha value is -1.29. The van der Waals surface area contributed by atoms with Gasteiger partial charge in [-0.3, -0.25) is 0 Å². The first-order valence-corrected chi connectivity index (χ1v) is 5.77. The maximum absolute atomic E-state index is 5.64. The van der Waals surface area contributed by atoms with E-state index >= 15 is 0 Å². The molecule has 1 rings (SSSR count). The Bertz CT molecular complexity index is 337. The summed E-state index contributed by atoms with van der Waals surface area (Å²) in [4.78, 5) is 0.386. The van der Waals surface area contributed by atoms with Gasteiger partial charge in [0.1, 0.15) is 22.6 Å². The molecule has 1 atom stereocenters. The maximum Gasteiger partial charge on any atom is 0.148 e. The zero-order chi connectivity index (χ0) is 12.0. The smallest absolute Gasteiger partial charge is 0.148 e. The van der Waals surface area contributed by atoms with Crippen LogP contribution in [0.5, 0.6) is 11.5 Å². The van der Waals surface area contributed by atoms with Gasteiger partial charge in [-0.15, -0.1) is 0 Å². The highest BCUT2D eigenvalue weighted by molar-refractivity contribution is 7.80. The van der Waals surface area contributed by atoms with E-state index in [0.29, 0.717) is 11.6 Å². The highest BCUT2D eigenvalue weighted by atomic mass is 32.1. The Kier molecular flexibility index (Phi) is 5.05. The van der Waals surface area contributed by atoms with Crippen molar-refractivity contribution in [2.75, 3.05) is 6.61 Å². The van der Waals surface area contributed by atoms with Crippen LogP contribution < -0.4 is 15.2 Å². The molecular weight excluding hydrogens is 222 g/mol. The minimum Gasteiger partial charge on any atom is -0.494 e. The van der Waals surface area contributed by atoms with Gasteiger partial charge in [0.2, 0.25) is 0 Å². The highest BCUT2D eigenvalue weighted by Gasteiger charge is 2.10. The maximum atomic E-state index is 5.64. The van der Waals surface area contributed by atoms with Crippen LogP contribution in [0.2, 0.25) is 0 Å². The van der Waals surface area contributed by atoms with Crippen LogP contribution in [-0.2, 0) is 0 Å². The lowest BCUT2D eigenvalue weighted by Crippen LogP contribution is -2.31. The average molecular weight is 239 g/mol.